The van der Waals surface area contributed by atoms with Gasteiger partial charge in [0.1, 0.15) is 17.0 Å². The van der Waals surface area contributed by atoms with Crippen LogP contribution >= 0.6 is 11.3 Å². The predicted molar refractivity (Wildman–Crippen MR) is 137 cm³/mol. The van der Waals surface area contributed by atoms with Gasteiger partial charge in [-0.3, -0.25) is 4.79 Å². The van der Waals surface area contributed by atoms with Gasteiger partial charge < -0.3 is 19.9 Å². The summed E-state index contributed by atoms with van der Waals surface area (Å²) >= 11 is 1.65. The minimum absolute atomic E-state index is 0.000586. The third kappa shape index (κ3) is 4.76. The van der Waals surface area contributed by atoms with E-state index in [4.69, 9.17) is 9.72 Å². The van der Waals surface area contributed by atoms with Crippen LogP contribution in [0.15, 0.2) is 12.4 Å². The largest absolute Gasteiger partial charge is 0.450 e. The molecule has 2 amide bonds. The number of thiophene rings is 1. The number of likely N-dealkylation sites (tertiary alicyclic amines) is 1. The second-order valence-corrected chi connectivity index (χ2v) is 10.5. The number of anilines is 1. The summed E-state index contributed by atoms with van der Waals surface area (Å²) in [5.41, 5.74) is 3.16. The molecule has 2 aliphatic rings. The van der Waals surface area contributed by atoms with Crippen molar-refractivity contribution >= 4 is 49.6 Å². The van der Waals surface area contributed by atoms with Gasteiger partial charge >= 0.3 is 6.09 Å². The number of piperidine rings is 2. The molecule has 0 bridgehead atoms. The van der Waals surface area contributed by atoms with Gasteiger partial charge in [-0.25, -0.2) is 19.7 Å². The molecule has 2 saturated heterocycles. The zero-order valence-corrected chi connectivity index (χ0v) is 21.4. The molecule has 2 fully saturated rings. The maximum absolute atomic E-state index is 13.0. The summed E-state index contributed by atoms with van der Waals surface area (Å²) in [5, 5.41) is 4.34. The minimum Gasteiger partial charge on any atom is -0.450 e. The molecular weight excluding hydrogens is 464 g/mol. The van der Waals surface area contributed by atoms with Crippen LogP contribution in [0.4, 0.5) is 10.6 Å². The first kappa shape index (κ1) is 23.7. The summed E-state index contributed by atoms with van der Waals surface area (Å²) < 4.78 is 6.15. The number of pyridine rings is 1. The van der Waals surface area contributed by atoms with Crippen molar-refractivity contribution in [2.24, 2.45) is 5.92 Å². The molecule has 0 aromatic carbocycles. The number of hydrogen-bond acceptors (Lipinski definition) is 8. The van der Waals surface area contributed by atoms with Crippen LogP contribution in [-0.4, -0.2) is 70.7 Å². The molecule has 186 valence electrons. The standard InChI is InChI=1S/C25H32N6O3S/c1-4-34-25(33)31-11-7-18(8-12-31)29-23(32)17-5-9-30(10-6-17)22-21-20(26-14-27-22)19-15(2)13-16(3)28-24(19)35-21/h13-14,17-18H,4-12H2,1-3H3,(H,29,32). The Morgan fingerprint density at radius 2 is 1.86 bits per heavy atom. The summed E-state index contributed by atoms with van der Waals surface area (Å²) in [6, 6.07) is 2.21. The number of nitrogens with zero attached hydrogens (tertiary/aromatic N) is 5. The fourth-order valence-electron chi connectivity index (χ4n) is 5.22. The third-order valence-electron chi connectivity index (χ3n) is 7.06. The fraction of sp³-hybridized carbons (Fsp3) is 0.560. The molecule has 3 aromatic heterocycles. The van der Waals surface area contributed by atoms with Crippen molar-refractivity contribution in [3.63, 3.8) is 0 Å². The maximum atomic E-state index is 13.0. The lowest BCUT2D eigenvalue weighted by Gasteiger charge is -2.35. The molecule has 0 aliphatic carbocycles. The summed E-state index contributed by atoms with van der Waals surface area (Å²) in [6.45, 7) is 9.12. The Morgan fingerprint density at radius 1 is 1.11 bits per heavy atom. The van der Waals surface area contributed by atoms with Crippen molar-refractivity contribution < 1.29 is 14.3 Å². The van der Waals surface area contributed by atoms with Gasteiger partial charge in [-0.1, -0.05) is 0 Å². The quantitative estimate of drug-likeness (QED) is 0.586. The number of amides is 2. The normalized spacial score (nSPS) is 17.8. The first-order chi connectivity index (χ1) is 16.9. The Bertz CT molecular complexity index is 1240. The van der Waals surface area contributed by atoms with Gasteiger partial charge in [0.15, 0.2) is 0 Å². The molecule has 5 rings (SSSR count). The SMILES string of the molecule is CCOC(=O)N1CCC(NC(=O)C2CCN(c3ncnc4c3sc3nc(C)cc(C)c34)CC2)CC1. The van der Waals surface area contributed by atoms with E-state index in [1.54, 1.807) is 22.6 Å². The highest BCUT2D eigenvalue weighted by atomic mass is 32.1. The smallest absolute Gasteiger partial charge is 0.409 e. The lowest BCUT2D eigenvalue weighted by molar-refractivity contribution is -0.126. The summed E-state index contributed by atoms with van der Waals surface area (Å²) in [4.78, 5) is 43.8. The van der Waals surface area contributed by atoms with E-state index in [0.717, 1.165) is 70.7 Å². The Labute approximate surface area is 208 Å². The van der Waals surface area contributed by atoms with E-state index in [1.165, 1.54) is 5.56 Å². The number of hydrogen-bond donors (Lipinski definition) is 1. The highest BCUT2D eigenvalue weighted by Gasteiger charge is 2.30. The van der Waals surface area contributed by atoms with Gasteiger partial charge in [0.25, 0.3) is 0 Å². The Morgan fingerprint density at radius 3 is 2.57 bits per heavy atom. The number of rotatable bonds is 4. The molecule has 3 aromatic rings. The number of aromatic nitrogens is 3. The van der Waals surface area contributed by atoms with E-state index in [2.05, 4.69) is 33.2 Å². The number of fused-ring (bicyclic) bond motifs is 3. The van der Waals surface area contributed by atoms with Crippen molar-refractivity contribution in [2.45, 2.75) is 52.5 Å². The molecule has 1 N–H and O–H groups in total. The molecule has 35 heavy (non-hydrogen) atoms. The van der Waals surface area contributed by atoms with Crippen LogP contribution in [0.2, 0.25) is 0 Å². The second-order valence-electron chi connectivity index (χ2n) is 9.47. The lowest BCUT2D eigenvalue weighted by Crippen LogP contribution is -2.49. The van der Waals surface area contributed by atoms with Crippen LogP contribution < -0.4 is 10.2 Å². The van der Waals surface area contributed by atoms with E-state index in [1.807, 2.05) is 13.8 Å². The highest BCUT2D eigenvalue weighted by Crippen LogP contribution is 2.38. The summed E-state index contributed by atoms with van der Waals surface area (Å²) in [6.07, 6.45) is 4.50. The Hall–Kier alpha value is -3.01. The van der Waals surface area contributed by atoms with Gasteiger partial charge in [0.05, 0.1) is 16.8 Å². The van der Waals surface area contributed by atoms with Gasteiger partial charge in [-0.15, -0.1) is 11.3 Å². The Balaban J connectivity index is 1.20. The van der Waals surface area contributed by atoms with Crippen LogP contribution in [0.3, 0.4) is 0 Å². The summed E-state index contributed by atoms with van der Waals surface area (Å²) in [5.74, 6) is 1.07. The zero-order valence-electron chi connectivity index (χ0n) is 20.5. The molecular formula is C25H32N6O3S. The molecule has 0 spiro atoms. The number of ether oxygens (including phenoxy) is 1. The van der Waals surface area contributed by atoms with E-state index in [-0.39, 0.29) is 24.0 Å². The molecule has 0 radical (unpaired) electrons. The third-order valence-corrected chi connectivity index (χ3v) is 8.13. The topological polar surface area (TPSA) is 101 Å². The van der Waals surface area contributed by atoms with E-state index in [9.17, 15) is 9.59 Å². The molecule has 2 aliphatic heterocycles. The van der Waals surface area contributed by atoms with Crippen LogP contribution in [0.25, 0.3) is 20.4 Å². The Kier molecular flexibility index (Phi) is 6.73. The van der Waals surface area contributed by atoms with E-state index >= 15 is 0 Å². The number of carbonyl (C=O) groups excluding carboxylic acids is 2. The summed E-state index contributed by atoms with van der Waals surface area (Å²) in [7, 11) is 0. The lowest BCUT2D eigenvalue weighted by atomic mass is 9.94. The predicted octanol–water partition coefficient (Wildman–Crippen LogP) is 3.81. The second kappa shape index (κ2) is 9.93. The monoisotopic (exact) mass is 496 g/mol. The van der Waals surface area contributed by atoms with Crippen LogP contribution in [-0.2, 0) is 9.53 Å². The van der Waals surface area contributed by atoms with Crippen LogP contribution in [0.5, 0.6) is 0 Å². The molecule has 0 unspecified atom stereocenters. The van der Waals surface area contributed by atoms with Gasteiger partial charge in [-0.05, 0) is 58.1 Å². The number of nitrogens with one attached hydrogen (secondary N) is 1. The molecule has 5 heterocycles. The van der Waals surface area contributed by atoms with Crippen molar-refractivity contribution in [3.8, 4) is 0 Å². The number of aryl methyl sites for hydroxylation is 2. The first-order valence-corrected chi connectivity index (χ1v) is 13.2. The zero-order chi connectivity index (χ0) is 24.5. The van der Waals surface area contributed by atoms with Gasteiger partial charge in [-0.2, -0.15) is 0 Å². The van der Waals surface area contributed by atoms with E-state index in [0.29, 0.717) is 19.7 Å². The molecule has 0 atom stereocenters. The van der Waals surface area contributed by atoms with E-state index < -0.39 is 0 Å². The van der Waals surface area contributed by atoms with Gasteiger partial charge in [0.2, 0.25) is 5.91 Å². The number of carbonyl (C=O) groups is 2. The average molecular weight is 497 g/mol. The minimum atomic E-state index is -0.261. The van der Waals surface area contributed by atoms with Crippen LogP contribution in [0.1, 0.15) is 43.9 Å². The fourth-order valence-corrected chi connectivity index (χ4v) is 6.48. The maximum Gasteiger partial charge on any atom is 0.409 e. The van der Waals surface area contributed by atoms with Crippen molar-refractivity contribution in [1.82, 2.24) is 25.2 Å². The molecule has 9 nitrogen and oxygen atoms in total. The first-order valence-electron chi connectivity index (χ1n) is 12.4. The highest BCUT2D eigenvalue weighted by molar-refractivity contribution is 7.26. The van der Waals surface area contributed by atoms with Crippen molar-refractivity contribution in [1.29, 1.82) is 0 Å². The van der Waals surface area contributed by atoms with Gasteiger partial charge in [0, 0.05) is 49.2 Å². The molecule has 0 saturated carbocycles. The van der Waals surface area contributed by atoms with Crippen molar-refractivity contribution in [2.75, 3.05) is 37.7 Å². The molecule has 10 heteroatoms. The van der Waals surface area contributed by atoms with Crippen molar-refractivity contribution in [3.05, 3.63) is 23.7 Å². The average Bonchev–Trinajstić information content (AvgIpc) is 3.23. The van der Waals surface area contributed by atoms with Crippen LogP contribution in [0, 0.1) is 19.8 Å².